The third-order valence-electron chi connectivity index (χ3n) is 2.50. The van der Waals surface area contributed by atoms with Gasteiger partial charge in [-0.15, -0.1) is 0 Å². The number of halogens is 3. The van der Waals surface area contributed by atoms with Gasteiger partial charge in [0.15, 0.2) is 0 Å². The molecule has 0 radical (unpaired) electrons. The number of nitrogens with zero attached hydrogens (tertiary/aromatic N) is 1. The Hall–Kier alpha value is -1.77. The van der Waals surface area contributed by atoms with Gasteiger partial charge in [0.05, 0.1) is 4.92 Å². The van der Waals surface area contributed by atoms with Crippen molar-refractivity contribution in [2.75, 3.05) is 0 Å². The molecule has 0 fully saturated rings. The molecule has 128 valence electrons. The molecule has 0 bridgehead atoms. The normalized spacial score (nSPS) is 12.1. The fraction of sp³-hybridized carbons (Fsp3) is 0.500. The highest BCUT2D eigenvalue weighted by Crippen LogP contribution is 2.39. The van der Waals surface area contributed by atoms with Crippen molar-refractivity contribution in [3.63, 3.8) is 0 Å². The molecule has 0 unspecified atom stereocenters. The van der Waals surface area contributed by atoms with Crippen molar-refractivity contribution in [1.82, 2.24) is 0 Å². The van der Waals surface area contributed by atoms with Crippen LogP contribution in [-0.2, 0) is 16.0 Å². The summed E-state index contributed by atoms with van der Waals surface area (Å²) in [4.78, 5) is 21.6. The van der Waals surface area contributed by atoms with E-state index in [1.807, 2.05) is 0 Å². The van der Waals surface area contributed by atoms with Gasteiger partial charge in [0.1, 0.15) is 5.60 Å². The fourth-order valence-electron chi connectivity index (χ4n) is 1.73. The third-order valence-corrected chi connectivity index (χ3v) is 3.35. The molecule has 9 heteroatoms. The highest BCUT2D eigenvalue weighted by molar-refractivity contribution is 8.00. The summed E-state index contributed by atoms with van der Waals surface area (Å²) in [7, 11) is 0. The van der Waals surface area contributed by atoms with Gasteiger partial charge in [-0.2, -0.15) is 13.2 Å². The molecule has 0 saturated heterocycles. The van der Waals surface area contributed by atoms with Crippen LogP contribution in [0.4, 0.5) is 18.9 Å². The molecule has 0 atom stereocenters. The Bertz CT molecular complexity index is 597. The molecule has 0 saturated carbocycles. The number of benzene rings is 1. The zero-order valence-electron chi connectivity index (χ0n) is 12.8. The number of hydrogen-bond donors (Lipinski definition) is 0. The van der Waals surface area contributed by atoms with Gasteiger partial charge in [-0.05, 0) is 50.6 Å². The highest BCUT2D eigenvalue weighted by atomic mass is 32.2. The Morgan fingerprint density at radius 2 is 1.91 bits per heavy atom. The van der Waals surface area contributed by atoms with Crippen LogP contribution in [0.15, 0.2) is 23.1 Å². The minimum atomic E-state index is -4.52. The molecule has 23 heavy (non-hydrogen) atoms. The van der Waals surface area contributed by atoms with E-state index < -0.39 is 22.0 Å². The Balaban J connectivity index is 2.94. The van der Waals surface area contributed by atoms with Gasteiger partial charge in [-0.3, -0.25) is 14.9 Å². The summed E-state index contributed by atoms with van der Waals surface area (Å²) in [6.45, 7) is 5.01. The summed E-state index contributed by atoms with van der Waals surface area (Å²) in [5.74, 6) is -0.577. The van der Waals surface area contributed by atoms with Gasteiger partial charge < -0.3 is 4.74 Å². The van der Waals surface area contributed by atoms with E-state index in [0.29, 0.717) is 0 Å². The molecule has 1 aromatic carbocycles. The van der Waals surface area contributed by atoms with Crippen LogP contribution in [0.25, 0.3) is 0 Å². The molecule has 1 rings (SSSR count). The number of nitro benzene ring substituents is 1. The third kappa shape index (κ3) is 7.36. The zero-order valence-corrected chi connectivity index (χ0v) is 13.6. The fourth-order valence-corrected chi connectivity index (χ4v) is 2.41. The first kappa shape index (κ1) is 19.3. The maximum Gasteiger partial charge on any atom is 0.446 e. The van der Waals surface area contributed by atoms with Crippen molar-refractivity contribution >= 4 is 23.4 Å². The second kappa shape index (κ2) is 7.20. The first-order chi connectivity index (χ1) is 10.4. The van der Waals surface area contributed by atoms with Crippen LogP contribution in [0.5, 0.6) is 0 Å². The second-order valence-electron chi connectivity index (χ2n) is 5.68. The van der Waals surface area contributed by atoms with Crippen LogP contribution < -0.4 is 0 Å². The molecule has 0 spiro atoms. The van der Waals surface area contributed by atoms with Crippen molar-refractivity contribution in [2.45, 2.75) is 49.6 Å². The summed E-state index contributed by atoms with van der Waals surface area (Å²) in [5, 5.41) is 10.8. The van der Waals surface area contributed by atoms with Gasteiger partial charge >= 0.3 is 11.5 Å². The van der Waals surface area contributed by atoms with E-state index >= 15 is 0 Å². The average molecular weight is 351 g/mol. The van der Waals surface area contributed by atoms with E-state index in [1.54, 1.807) is 20.8 Å². The van der Waals surface area contributed by atoms with Crippen LogP contribution in [0.2, 0.25) is 0 Å². The molecule has 5 nitrogen and oxygen atoms in total. The Labute approximate surface area is 135 Å². The monoisotopic (exact) mass is 351 g/mol. The maximum absolute atomic E-state index is 12.5. The standard InChI is InChI=1S/C14H16F3NO4S/c1-13(2,3)22-12(19)7-4-9-8-10(18(20)21)5-6-11(9)23-14(15,16)17/h5-6,8H,4,7H2,1-3H3. The first-order valence-corrected chi connectivity index (χ1v) is 7.44. The van der Waals surface area contributed by atoms with E-state index in [0.717, 1.165) is 18.2 Å². The van der Waals surface area contributed by atoms with Crippen molar-refractivity contribution < 1.29 is 27.6 Å². The average Bonchev–Trinajstić information content (AvgIpc) is 2.33. The molecule has 1 aromatic rings. The molecule has 0 N–H and O–H groups in total. The predicted molar refractivity (Wildman–Crippen MR) is 79.2 cm³/mol. The summed E-state index contributed by atoms with van der Waals surface area (Å²) < 4.78 is 42.7. The van der Waals surface area contributed by atoms with Gasteiger partial charge in [0.2, 0.25) is 0 Å². The Morgan fingerprint density at radius 1 is 1.30 bits per heavy atom. The second-order valence-corrected chi connectivity index (χ2v) is 6.79. The lowest BCUT2D eigenvalue weighted by Gasteiger charge is -2.19. The van der Waals surface area contributed by atoms with E-state index in [1.165, 1.54) is 0 Å². The van der Waals surface area contributed by atoms with E-state index in [2.05, 4.69) is 0 Å². The molecule has 0 aliphatic rings. The number of rotatable bonds is 5. The van der Waals surface area contributed by atoms with Gasteiger partial charge in [-0.25, -0.2) is 0 Å². The van der Waals surface area contributed by atoms with Crippen molar-refractivity contribution in [3.05, 3.63) is 33.9 Å². The number of non-ortho nitro benzene ring substituents is 1. The van der Waals surface area contributed by atoms with Crippen molar-refractivity contribution in [1.29, 1.82) is 0 Å². The largest absolute Gasteiger partial charge is 0.460 e. The van der Waals surface area contributed by atoms with Gasteiger partial charge in [0, 0.05) is 23.4 Å². The molecule has 0 heterocycles. The minimum Gasteiger partial charge on any atom is -0.460 e. The van der Waals surface area contributed by atoms with Gasteiger partial charge in [-0.1, -0.05) is 0 Å². The molecule has 0 aromatic heterocycles. The lowest BCUT2D eigenvalue weighted by atomic mass is 10.1. The summed E-state index contributed by atoms with van der Waals surface area (Å²) in [6.07, 6.45) is -0.237. The summed E-state index contributed by atoms with van der Waals surface area (Å²) in [5.41, 5.74) is -5.46. The molecule has 0 aliphatic heterocycles. The number of nitro groups is 1. The van der Waals surface area contributed by atoms with E-state index in [-0.39, 0.29) is 40.7 Å². The lowest BCUT2D eigenvalue weighted by molar-refractivity contribution is -0.385. The van der Waals surface area contributed by atoms with Crippen LogP contribution in [0.1, 0.15) is 32.8 Å². The van der Waals surface area contributed by atoms with Crippen molar-refractivity contribution in [3.8, 4) is 0 Å². The number of hydrogen-bond acceptors (Lipinski definition) is 5. The van der Waals surface area contributed by atoms with E-state index in [4.69, 9.17) is 4.74 Å². The number of alkyl halides is 3. The number of esters is 1. The Morgan fingerprint density at radius 3 is 2.39 bits per heavy atom. The van der Waals surface area contributed by atoms with Crippen molar-refractivity contribution in [2.24, 2.45) is 0 Å². The maximum atomic E-state index is 12.5. The number of carbonyl (C=O) groups is 1. The smallest absolute Gasteiger partial charge is 0.446 e. The van der Waals surface area contributed by atoms with Crippen LogP contribution in [0.3, 0.4) is 0 Å². The van der Waals surface area contributed by atoms with Crippen LogP contribution >= 0.6 is 11.8 Å². The zero-order chi connectivity index (χ0) is 17.8. The van der Waals surface area contributed by atoms with Crippen LogP contribution in [-0.4, -0.2) is 22.0 Å². The number of thioether (sulfide) groups is 1. The summed E-state index contributed by atoms with van der Waals surface area (Å²) in [6, 6.07) is 3.10. The number of ether oxygens (including phenoxy) is 1. The molecule has 0 amide bonds. The minimum absolute atomic E-state index is 0.0744. The van der Waals surface area contributed by atoms with E-state index in [9.17, 15) is 28.1 Å². The number of carbonyl (C=O) groups excluding carboxylic acids is 1. The molecular weight excluding hydrogens is 335 g/mol. The SMILES string of the molecule is CC(C)(C)OC(=O)CCc1cc([N+](=O)[O-])ccc1SC(F)(F)F. The highest BCUT2D eigenvalue weighted by Gasteiger charge is 2.31. The predicted octanol–water partition coefficient (Wildman–Crippen LogP) is 4.48. The topological polar surface area (TPSA) is 69.4 Å². The Kier molecular flexibility index (Phi) is 6.04. The molecular formula is C14H16F3NO4S. The van der Waals surface area contributed by atoms with Crippen LogP contribution in [0, 0.1) is 10.1 Å². The quantitative estimate of drug-likeness (QED) is 0.338. The first-order valence-electron chi connectivity index (χ1n) is 6.62. The van der Waals surface area contributed by atoms with Gasteiger partial charge in [0.25, 0.3) is 5.69 Å². The number of aryl methyl sites for hydroxylation is 1. The molecule has 0 aliphatic carbocycles. The lowest BCUT2D eigenvalue weighted by Crippen LogP contribution is -2.24. The summed E-state index contributed by atoms with van der Waals surface area (Å²) >= 11 is -0.362.